The van der Waals surface area contributed by atoms with Crippen LogP contribution in [-0.2, 0) is 0 Å². The van der Waals surface area contributed by atoms with Gasteiger partial charge >= 0.3 is 0 Å². The summed E-state index contributed by atoms with van der Waals surface area (Å²) >= 11 is 0. The van der Waals surface area contributed by atoms with Crippen molar-refractivity contribution in [3.63, 3.8) is 0 Å². The van der Waals surface area contributed by atoms with E-state index in [0.29, 0.717) is 17.4 Å². The first-order valence-electron chi connectivity index (χ1n) is 5.03. The maximum absolute atomic E-state index is 12.7. The predicted octanol–water partition coefficient (Wildman–Crippen LogP) is 3.51. The average Bonchev–Trinajstić information content (AvgIpc) is 2.17. The molecule has 0 bridgehead atoms. The fourth-order valence-electron chi connectivity index (χ4n) is 1.32. The molecule has 0 heterocycles. The average molecular weight is 212 g/mol. The molecule has 0 radical (unpaired) electrons. The summed E-state index contributed by atoms with van der Waals surface area (Å²) in [7, 11) is 1.55. The summed E-state index contributed by atoms with van der Waals surface area (Å²) in [5.41, 5.74) is 1.14. The lowest BCUT2D eigenvalue weighted by Crippen LogP contribution is -2.05. The maximum atomic E-state index is 12.7. The zero-order chi connectivity index (χ0) is 11.4. The van der Waals surface area contributed by atoms with E-state index in [2.05, 4.69) is 13.8 Å². The van der Waals surface area contributed by atoms with Crippen LogP contribution >= 0.6 is 0 Å². The van der Waals surface area contributed by atoms with Gasteiger partial charge in [0.1, 0.15) is 0 Å². The molecule has 15 heavy (non-hydrogen) atoms. The Bertz CT molecular complexity index is 321. The zero-order valence-electron chi connectivity index (χ0n) is 9.58. The van der Waals surface area contributed by atoms with E-state index in [1.165, 1.54) is 6.92 Å². The Kier molecular flexibility index (Phi) is 3.95. The van der Waals surface area contributed by atoms with Gasteiger partial charge in [0.25, 0.3) is 0 Å². The van der Waals surface area contributed by atoms with E-state index < -0.39 is 6.36 Å². The Morgan fingerprint density at radius 3 is 2.27 bits per heavy atom. The number of hydrogen-bond donors (Lipinski definition) is 0. The maximum Gasteiger partial charge on any atom is 0.236 e. The number of rotatable bonds is 4. The predicted molar refractivity (Wildman–Crippen MR) is 58.3 cm³/mol. The number of ether oxygens (including phenoxy) is 2. The summed E-state index contributed by atoms with van der Waals surface area (Å²) in [6.07, 6.45) is -1.33. The lowest BCUT2D eigenvalue weighted by Gasteiger charge is -2.13. The first-order valence-corrected chi connectivity index (χ1v) is 5.03. The zero-order valence-corrected chi connectivity index (χ0v) is 9.58. The van der Waals surface area contributed by atoms with E-state index >= 15 is 0 Å². The molecule has 1 atom stereocenters. The van der Waals surface area contributed by atoms with Crippen molar-refractivity contribution in [1.29, 1.82) is 0 Å². The topological polar surface area (TPSA) is 18.5 Å². The normalized spacial score (nSPS) is 12.7. The second kappa shape index (κ2) is 5.01. The smallest absolute Gasteiger partial charge is 0.236 e. The third-order valence-corrected chi connectivity index (χ3v) is 2.14. The highest BCUT2D eigenvalue weighted by Gasteiger charge is 2.09. The van der Waals surface area contributed by atoms with Gasteiger partial charge < -0.3 is 9.47 Å². The van der Waals surface area contributed by atoms with Crippen LogP contribution in [-0.4, -0.2) is 13.5 Å². The van der Waals surface area contributed by atoms with Gasteiger partial charge in [0, 0.05) is 6.92 Å². The van der Waals surface area contributed by atoms with Crippen LogP contribution in [0.25, 0.3) is 0 Å². The van der Waals surface area contributed by atoms with Gasteiger partial charge in [-0.25, -0.2) is 4.39 Å². The number of halogens is 1. The Hall–Kier alpha value is -1.25. The minimum absolute atomic E-state index is 0.413. The molecule has 1 aromatic carbocycles. The van der Waals surface area contributed by atoms with Crippen molar-refractivity contribution in [2.75, 3.05) is 7.11 Å². The lowest BCUT2D eigenvalue weighted by molar-refractivity contribution is 0.0826. The number of methoxy groups -OCH3 is 1. The van der Waals surface area contributed by atoms with E-state index in [1.807, 2.05) is 12.1 Å². The van der Waals surface area contributed by atoms with Gasteiger partial charge in [-0.1, -0.05) is 19.9 Å². The molecule has 1 rings (SSSR count). The monoisotopic (exact) mass is 212 g/mol. The van der Waals surface area contributed by atoms with Crippen LogP contribution in [0.15, 0.2) is 18.2 Å². The molecule has 0 fully saturated rings. The summed E-state index contributed by atoms with van der Waals surface area (Å²) in [6.45, 7) is 5.52. The fraction of sp³-hybridized carbons (Fsp3) is 0.500. The Morgan fingerprint density at radius 2 is 1.80 bits per heavy atom. The Labute approximate surface area is 90.0 Å². The van der Waals surface area contributed by atoms with Crippen LogP contribution in [0.4, 0.5) is 4.39 Å². The molecule has 0 aromatic heterocycles. The van der Waals surface area contributed by atoms with Crippen molar-refractivity contribution in [3.05, 3.63) is 23.8 Å². The summed E-state index contributed by atoms with van der Waals surface area (Å²) in [6, 6.07) is 5.54. The molecular weight excluding hydrogens is 195 g/mol. The van der Waals surface area contributed by atoms with Crippen LogP contribution in [0.5, 0.6) is 11.5 Å². The molecule has 1 aromatic rings. The summed E-state index contributed by atoms with van der Waals surface area (Å²) < 4.78 is 22.8. The standard InChI is InChI=1S/C12H17FO2/c1-8(2)10-5-6-11(15-9(3)13)12(7-10)14-4/h5-9H,1-4H3. The molecule has 0 N–H and O–H groups in total. The molecule has 84 valence electrons. The first kappa shape index (κ1) is 11.8. The van der Waals surface area contributed by atoms with Gasteiger partial charge in [-0.05, 0) is 23.6 Å². The third kappa shape index (κ3) is 3.11. The van der Waals surface area contributed by atoms with Crippen LogP contribution in [0, 0.1) is 0 Å². The highest BCUT2D eigenvalue weighted by atomic mass is 19.1. The van der Waals surface area contributed by atoms with E-state index in [1.54, 1.807) is 13.2 Å². The van der Waals surface area contributed by atoms with Crippen molar-refractivity contribution in [1.82, 2.24) is 0 Å². The van der Waals surface area contributed by atoms with Crippen molar-refractivity contribution >= 4 is 0 Å². The highest BCUT2D eigenvalue weighted by Crippen LogP contribution is 2.31. The van der Waals surface area contributed by atoms with Crippen LogP contribution < -0.4 is 9.47 Å². The first-order chi connectivity index (χ1) is 7.04. The molecule has 2 nitrogen and oxygen atoms in total. The molecule has 0 amide bonds. The minimum Gasteiger partial charge on any atom is -0.493 e. The summed E-state index contributed by atoms with van der Waals surface area (Å²) in [5.74, 6) is 1.43. The molecular formula is C12H17FO2. The van der Waals surface area contributed by atoms with E-state index in [-0.39, 0.29) is 0 Å². The second-order valence-corrected chi connectivity index (χ2v) is 3.73. The molecule has 0 saturated heterocycles. The quantitative estimate of drug-likeness (QED) is 0.760. The van der Waals surface area contributed by atoms with Gasteiger partial charge in [-0.2, -0.15) is 0 Å². The van der Waals surface area contributed by atoms with E-state index in [4.69, 9.17) is 9.47 Å². The fourth-order valence-corrected chi connectivity index (χ4v) is 1.32. The van der Waals surface area contributed by atoms with Crippen LogP contribution in [0.2, 0.25) is 0 Å². The number of hydrogen-bond acceptors (Lipinski definition) is 2. The lowest BCUT2D eigenvalue weighted by atomic mass is 10.0. The Morgan fingerprint density at radius 1 is 1.13 bits per heavy atom. The van der Waals surface area contributed by atoms with Crippen molar-refractivity contribution in [2.24, 2.45) is 0 Å². The number of alkyl halides is 1. The highest BCUT2D eigenvalue weighted by molar-refractivity contribution is 5.43. The minimum atomic E-state index is -1.33. The van der Waals surface area contributed by atoms with Gasteiger partial charge in [0.05, 0.1) is 7.11 Å². The van der Waals surface area contributed by atoms with Crippen molar-refractivity contribution in [3.8, 4) is 11.5 Å². The van der Waals surface area contributed by atoms with Gasteiger partial charge in [0.2, 0.25) is 6.36 Å². The molecule has 0 aliphatic carbocycles. The molecule has 3 heteroatoms. The SMILES string of the molecule is COc1cc(C(C)C)ccc1OC(C)F. The molecule has 0 aliphatic heterocycles. The van der Waals surface area contributed by atoms with Crippen molar-refractivity contribution < 1.29 is 13.9 Å². The van der Waals surface area contributed by atoms with Gasteiger partial charge in [-0.3, -0.25) is 0 Å². The Balaban J connectivity index is 2.98. The van der Waals surface area contributed by atoms with Gasteiger partial charge in [0.15, 0.2) is 11.5 Å². The van der Waals surface area contributed by atoms with Crippen LogP contribution in [0.1, 0.15) is 32.3 Å². The molecule has 0 aliphatic rings. The summed E-state index contributed by atoms with van der Waals surface area (Å²) in [5, 5.41) is 0. The number of benzene rings is 1. The summed E-state index contributed by atoms with van der Waals surface area (Å²) in [4.78, 5) is 0. The molecule has 0 saturated carbocycles. The van der Waals surface area contributed by atoms with Gasteiger partial charge in [-0.15, -0.1) is 0 Å². The van der Waals surface area contributed by atoms with E-state index in [0.717, 1.165) is 5.56 Å². The largest absolute Gasteiger partial charge is 0.493 e. The van der Waals surface area contributed by atoms with Crippen molar-refractivity contribution in [2.45, 2.75) is 33.0 Å². The molecule has 0 spiro atoms. The third-order valence-electron chi connectivity index (χ3n) is 2.14. The second-order valence-electron chi connectivity index (χ2n) is 3.73. The van der Waals surface area contributed by atoms with Crippen LogP contribution in [0.3, 0.4) is 0 Å². The van der Waals surface area contributed by atoms with E-state index in [9.17, 15) is 4.39 Å². The molecule has 1 unspecified atom stereocenters.